The first-order valence-corrected chi connectivity index (χ1v) is 8.03. The molecule has 2 fully saturated rings. The number of rotatable bonds is 6. The standard InChI is InChI=1S/C17H26N2O/c1-12(2)20-17-15(4-3-7-19-17)10-18-11-16-9-13-5-6-14(16)8-13/h3-4,7,12-14,16,18H,5-6,8-11H2,1-2H3. The summed E-state index contributed by atoms with van der Waals surface area (Å²) in [7, 11) is 0. The Morgan fingerprint density at radius 2 is 2.25 bits per heavy atom. The van der Waals surface area contributed by atoms with Gasteiger partial charge in [0.1, 0.15) is 0 Å². The average Bonchev–Trinajstić information content (AvgIpc) is 3.02. The van der Waals surface area contributed by atoms with E-state index in [1.165, 1.54) is 31.2 Å². The fourth-order valence-electron chi connectivity index (χ4n) is 3.91. The van der Waals surface area contributed by atoms with Crippen molar-refractivity contribution >= 4 is 0 Å². The zero-order valence-corrected chi connectivity index (χ0v) is 12.6. The Bertz CT molecular complexity index is 446. The Hall–Kier alpha value is -1.09. The minimum atomic E-state index is 0.175. The monoisotopic (exact) mass is 274 g/mol. The fraction of sp³-hybridized carbons (Fsp3) is 0.706. The number of nitrogens with one attached hydrogen (secondary N) is 1. The minimum Gasteiger partial charge on any atom is -0.475 e. The first-order valence-electron chi connectivity index (χ1n) is 8.03. The first-order chi connectivity index (χ1) is 9.72. The Morgan fingerprint density at radius 3 is 2.95 bits per heavy atom. The molecule has 2 aliphatic carbocycles. The molecule has 0 radical (unpaired) electrons. The lowest BCUT2D eigenvalue weighted by Crippen LogP contribution is -2.26. The number of pyridine rings is 1. The molecule has 0 saturated heterocycles. The molecule has 20 heavy (non-hydrogen) atoms. The van der Waals surface area contributed by atoms with Crippen LogP contribution in [0.25, 0.3) is 0 Å². The highest BCUT2D eigenvalue weighted by Gasteiger charge is 2.38. The zero-order chi connectivity index (χ0) is 13.9. The summed E-state index contributed by atoms with van der Waals surface area (Å²) in [5.41, 5.74) is 1.17. The second-order valence-corrected chi connectivity index (χ2v) is 6.70. The smallest absolute Gasteiger partial charge is 0.218 e. The van der Waals surface area contributed by atoms with Crippen molar-refractivity contribution in [3.8, 4) is 5.88 Å². The molecular formula is C17H26N2O. The average molecular weight is 274 g/mol. The Kier molecular flexibility index (Phi) is 4.25. The van der Waals surface area contributed by atoms with Gasteiger partial charge in [0.2, 0.25) is 5.88 Å². The molecule has 2 aliphatic rings. The van der Waals surface area contributed by atoms with Gasteiger partial charge in [0.25, 0.3) is 0 Å². The largest absolute Gasteiger partial charge is 0.475 e. The molecule has 110 valence electrons. The van der Waals surface area contributed by atoms with Crippen molar-refractivity contribution in [2.45, 2.75) is 52.2 Å². The molecule has 0 aliphatic heterocycles. The van der Waals surface area contributed by atoms with Crippen molar-refractivity contribution in [3.63, 3.8) is 0 Å². The summed E-state index contributed by atoms with van der Waals surface area (Å²) in [4.78, 5) is 4.35. The number of fused-ring (bicyclic) bond motifs is 2. The SMILES string of the molecule is CC(C)Oc1ncccc1CNCC1CC2CCC1C2. The number of aromatic nitrogens is 1. The predicted molar refractivity (Wildman–Crippen MR) is 80.6 cm³/mol. The summed E-state index contributed by atoms with van der Waals surface area (Å²) in [6.45, 7) is 6.10. The summed E-state index contributed by atoms with van der Waals surface area (Å²) < 4.78 is 5.77. The van der Waals surface area contributed by atoms with Crippen LogP contribution in [-0.4, -0.2) is 17.6 Å². The number of hydrogen-bond donors (Lipinski definition) is 1. The zero-order valence-electron chi connectivity index (χ0n) is 12.6. The molecule has 0 amide bonds. The van der Waals surface area contributed by atoms with Crippen LogP contribution in [0.3, 0.4) is 0 Å². The lowest BCUT2D eigenvalue weighted by molar-refractivity contribution is 0.229. The second kappa shape index (κ2) is 6.13. The molecule has 3 atom stereocenters. The third-order valence-electron chi connectivity index (χ3n) is 4.80. The van der Waals surface area contributed by atoms with Crippen molar-refractivity contribution in [1.29, 1.82) is 0 Å². The van der Waals surface area contributed by atoms with Crippen LogP contribution in [0.4, 0.5) is 0 Å². The van der Waals surface area contributed by atoms with Crippen LogP contribution in [0.5, 0.6) is 5.88 Å². The van der Waals surface area contributed by atoms with Crippen LogP contribution in [0.1, 0.15) is 45.1 Å². The molecule has 3 rings (SSSR count). The van der Waals surface area contributed by atoms with Crippen LogP contribution in [0, 0.1) is 17.8 Å². The highest BCUT2D eigenvalue weighted by Crippen LogP contribution is 2.47. The molecule has 1 heterocycles. The van der Waals surface area contributed by atoms with Crippen LogP contribution in [-0.2, 0) is 6.54 Å². The summed E-state index contributed by atoms with van der Waals surface area (Å²) >= 11 is 0. The van der Waals surface area contributed by atoms with Gasteiger partial charge >= 0.3 is 0 Å². The van der Waals surface area contributed by atoms with Gasteiger partial charge in [-0.3, -0.25) is 0 Å². The highest BCUT2D eigenvalue weighted by molar-refractivity contribution is 5.25. The summed E-state index contributed by atoms with van der Waals surface area (Å²) in [5.74, 6) is 3.71. The van der Waals surface area contributed by atoms with Crippen molar-refractivity contribution in [1.82, 2.24) is 10.3 Å². The molecular weight excluding hydrogens is 248 g/mol. The highest BCUT2D eigenvalue weighted by atomic mass is 16.5. The maximum atomic E-state index is 5.77. The van der Waals surface area contributed by atoms with E-state index in [4.69, 9.17) is 4.74 Å². The summed E-state index contributed by atoms with van der Waals surface area (Å²) in [6.07, 6.45) is 7.86. The Balaban J connectivity index is 1.51. The maximum Gasteiger partial charge on any atom is 0.218 e. The number of hydrogen-bond acceptors (Lipinski definition) is 3. The van der Waals surface area contributed by atoms with Gasteiger partial charge in [0.15, 0.2) is 0 Å². The summed E-state index contributed by atoms with van der Waals surface area (Å²) in [6, 6.07) is 4.10. The van der Waals surface area contributed by atoms with E-state index in [1.807, 2.05) is 19.9 Å². The van der Waals surface area contributed by atoms with Crippen molar-refractivity contribution in [2.24, 2.45) is 17.8 Å². The lowest BCUT2D eigenvalue weighted by atomic mass is 9.89. The predicted octanol–water partition coefficient (Wildman–Crippen LogP) is 3.39. The van der Waals surface area contributed by atoms with Crippen LogP contribution in [0.15, 0.2) is 18.3 Å². The van der Waals surface area contributed by atoms with E-state index in [9.17, 15) is 0 Å². The van der Waals surface area contributed by atoms with E-state index in [0.29, 0.717) is 0 Å². The molecule has 3 nitrogen and oxygen atoms in total. The molecule has 1 N–H and O–H groups in total. The van der Waals surface area contributed by atoms with Gasteiger partial charge in [0.05, 0.1) is 6.10 Å². The van der Waals surface area contributed by atoms with Gasteiger partial charge in [-0.15, -0.1) is 0 Å². The summed E-state index contributed by atoms with van der Waals surface area (Å²) in [5, 5.41) is 3.62. The molecule has 2 bridgehead atoms. The second-order valence-electron chi connectivity index (χ2n) is 6.70. The van der Waals surface area contributed by atoms with E-state index in [1.54, 1.807) is 6.20 Å². The maximum absolute atomic E-state index is 5.77. The molecule has 3 heteroatoms. The van der Waals surface area contributed by atoms with Gasteiger partial charge < -0.3 is 10.1 Å². The van der Waals surface area contributed by atoms with E-state index in [2.05, 4.69) is 16.4 Å². The molecule has 2 saturated carbocycles. The number of ether oxygens (including phenoxy) is 1. The molecule has 1 aromatic rings. The van der Waals surface area contributed by atoms with E-state index in [-0.39, 0.29) is 6.10 Å². The third kappa shape index (κ3) is 3.14. The third-order valence-corrected chi connectivity index (χ3v) is 4.80. The van der Waals surface area contributed by atoms with Crippen molar-refractivity contribution in [2.75, 3.05) is 6.54 Å². The van der Waals surface area contributed by atoms with Gasteiger partial charge in [-0.1, -0.05) is 12.5 Å². The Morgan fingerprint density at radius 1 is 1.35 bits per heavy atom. The molecule has 3 unspecified atom stereocenters. The van der Waals surface area contributed by atoms with Gasteiger partial charge in [-0.05, 0) is 63.5 Å². The van der Waals surface area contributed by atoms with Gasteiger partial charge in [-0.25, -0.2) is 4.98 Å². The van der Waals surface area contributed by atoms with Gasteiger partial charge in [0, 0.05) is 18.3 Å². The van der Waals surface area contributed by atoms with Crippen molar-refractivity contribution in [3.05, 3.63) is 23.9 Å². The van der Waals surface area contributed by atoms with Crippen LogP contribution >= 0.6 is 0 Å². The fourth-order valence-corrected chi connectivity index (χ4v) is 3.91. The lowest BCUT2D eigenvalue weighted by Gasteiger charge is -2.22. The van der Waals surface area contributed by atoms with Crippen molar-refractivity contribution < 1.29 is 4.74 Å². The molecule has 0 aromatic carbocycles. The number of nitrogens with zero attached hydrogens (tertiary/aromatic N) is 1. The normalized spacial score (nSPS) is 28.2. The first kappa shape index (κ1) is 13.9. The quantitative estimate of drug-likeness (QED) is 0.863. The van der Waals surface area contributed by atoms with Gasteiger partial charge in [-0.2, -0.15) is 0 Å². The van der Waals surface area contributed by atoms with E-state index >= 15 is 0 Å². The van der Waals surface area contributed by atoms with E-state index in [0.717, 1.165) is 36.7 Å². The topological polar surface area (TPSA) is 34.1 Å². The van der Waals surface area contributed by atoms with Crippen LogP contribution in [0.2, 0.25) is 0 Å². The minimum absolute atomic E-state index is 0.175. The molecule has 0 spiro atoms. The van der Waals surface area contributed by atoms with Crippen LogP contribution < -0.4 is 10.1 Å². The molecule has 1 aromatic heterocycles. The Labute approximate surface area is 122 Å². The van der Waals surface area contributed by atoms with E-state index < -0.39 is 0 Å².